The third-order valence-electron chi connectivity index (χ3n) is 15.2. The number of aromatic nitrogens is 1. The Kier molecular flexibility index (Phi) is 10.1. The predicted octanol–water partition coefficient (Wildman–Crippen LogP) is 18.8. The minimum Gasteiger partial charge on any atom is -0.310 e. The molecule has 0 fully saturated rings. The summed E-state index contributed by atoms with van der Waals surface area (Å²) in [5, 5.41) is 4.87. The Bertz CT molecular complexity index is 4140. The van der Waals surface area contributed by atoms with E-state index in [0.717, 1.165) is 33.9 Å². The molecule has 0 spiro atoms. The second kappa shape index (κ2) is 17.4. The van der Waals surface area contributed by atoms with Gasteiger partial charge in [-0.3, -0.25) is 0 Å². The van der Waals surface area contributed by atoms with Crippen molar-refractivity contribution >= 4 is 49.6 Å². The molecule has 0 N–H and O–H groups in total. The summed E-state index contributed by atoms with van der Waals surface area (Å²) in [5.41, 5.74) is 21.0. The van der Waals surface area contributed by atoms with Crippen molar-refractivity contribution < 1.29 is 0 Å². The Labute approximate surface area is 426 Å². The van der Waals surface area contributed by atoms with Crippen LogP contribution in [0.25, 0.3) is 82.8 Å². The van der Waals surface area contributed by atoms with Gasteiger partial charge >= 0.3 is 0 Å². The second-order valence-corrected chi connectivity index (χ2v) is 19.2. The van der Waals surface area contributed by atoms with E-state index >= 15 is 0 Å². The van der Waals surface area contributed by atoms with E-state index in [2.05, 4.69) is 301 Å². The largest absolute Gasteiger partial charge is 0.310 e. The molecule has 0 radical (unpaired) electrons. The third-order valence-corrected chi connectivity index (χ3v) is 15.2. The number of para-hydroxylation sites is 1. The number of benzene rings is 12. The van der Waals surface area contributed by atoms with Crippen LogP contribution in [0.2, 0.25) is 0 Å². The van der Waals surface area contributed by atoms with Crippen LogP contribution in [0.15, 0.2) is 291 Å². The van der Waals surface area contributed by atoms with E-state index in [1.807, 2.05) is 0 Å². The first kappa shape index (κ1) is 42.4. The van der Waals surface area contributed by atoms with Gasteiger partial charge in [-0.25, -0.2) is 0 Å². The molecule has 1 heterocycles. The van der Waals surface area contributed by atoms with Crippen LogP contribution in [-0.2, 0) is 5.41 Å². The molecule has 0 aliphatic heterocycles. The van der Waals surface area contributed by atoms with E-state index in [9.17, 15) is 0 Å². The van der Waals surface area contributed by atoms with Crippen molar-refractivity contribution in [2.75, 3.05) is 4.90 Å². The van der Waals surface area contributed by atoms with Crippen LogP contribution in [0.3, 0.4) is 0 Å². The molecule has 0 atom stereocenters. The van der Waals surface area contributed by atoms with Gasteiger partial charge in [0.1, 0.15) is 0 Å². The van der Waals surface area contributed by atoms with Gasteiger partial charge in [-0.1, -0.05) is 224 Å². The van der Waals surface area contributed by atoms with E-state index in [-0.39, 0.29) is 0 Å². The normalized spacial score (nSPS) is 12.5. The quantitative estimate of drug-likeness (QED) is 0.140. The van der Waals surface area contributed by atoms with Crippen molar-refractivity contribution in [3.8, 4) is 50.2 Å². The highest BCUT2D eigenvalue weighted by atomic mass is 15.1. The van der Waals surface area contributed by atoms with Crippen molar-refractivity contribution in [1.82, 2.24) is 4.57 Å². The summed E-state index contributed by atoms with van der Waals surface area (Å²) in [7, 11) is 0. The van der Waals surface area contributed by atoms with E-state index in [4.69, 9.17) is 0 Å². The average Bonchev–Trinajstić information content (AvgIpc) is 4.01. The molecule has 14 rings (SSSR count). The van der Waals surface area contributed by atoms with Gasteiger partial charge in [-0.2, -0.15) is 0 Å². The first-order chi connectivity index (χ1) is 36.2. The lowest BCUT2D eigenvalue weighted by atomic mass is 9.67. The fourth-order valence-electron chi connectivity index (χ4n) is 12.0. The van der Waals surface area contributed by atoms with Gasteiger partial charge in [0.2, 0.25) is 0 Å². The molecule has 1 aliphatic rings. The molecule has 0 amide bonds. The molecule has 12 aromatic carbocycles. The van der Waals surface area contributed by atoms with Crippen LogP contribution in [0, 0.1) is 0 Å². The fourth-order valence-corrected chi connectivity index (χ4v) is 12.0. The van der Waals surface area contributed by atoms with Crippen LogP contribution in [0.1, 0.15) is 22.3 Å². The number of hydrogen-bond acceptors (Lipinski definition) is 1. The Morgan fingerprint density at radius 2 is 0.808 bits per heavy atom. The highest BCUT2D eigenvalue weighted by Crippen LogP contribution is 2.57. The van der Waals surface area contributed by atoms with E-state index < -0.39 is 5.41 Å². The molecular formula is C71H48N2. The van der Waals surface area contributed by atoms with Crippen LogP contribution in [-0.4, -0.2) is 4.57 Å². The summed E-state index contributed by atoms with van der Waals surface area (Å²) in [6.07, 6.45) is 0. The van der Waals surface area contributed by atoms with Crippen molar-refractivity contribution in [3.05, 3.63) is 313 Å². The van der Waals surface area contributed by atoms with E-state index in [1.54, 1.807) is 0 Å². The lowest BCUT2D eigenvalue weighted by molar-refractivity contribution is 0.768. The monoisotopic (exact) mass is 928 g/mol. The molecule has 73 heavy (non-hydrogen) atoms. The lowest BCUT2D eigenvalue weighted by Crippen LogP contribution is -2.28. The van der Waals surface area contributed by atoms with Gasteiger partial charge in [-0.15, -0.1) is 0 Å². The Hall–Kier alpha value is -9.50. The molecule has 1 aromatic heterocycles. The van der Waals surface area contributed by atoms with Gasteiger partial charge in [-0.05, 0) is 139 Å². The van der Waals surface area contributed by atoms with Crippen LogP contribution in [0.5, 0.6) is 0 Å². The molecule has 1 aliphatic carbocycles. The Balaban J connectivity index is 0.892. The van der Waals surface area contributed by atoms with Crippen LogP contribution in [0.4, 0.5) is 17.1 Å². The third kappa shape index (κ3) is 6.94. The number of fused-ring (bicyclic) bond motifs is 7. The molecule has 0 bridgehead atoms. The number of hydrogen-bond donors (Lipinski definition) is 0. The maximum atomic E-state index is 2.47. The SMILES string of the molecule is c1ccc(-c2ccc(-n3c4ccccc4c4cc(-c5cccc(-c6cccc(N(c7ccc8c(c7)C(c7ccccc7)(c7ccccc7)c7ccccc7-8)c7cccc8ccccc78)c6)c5)ccc43)cc2)cc1. The summed E-state index contributed by atoms with van der Waals surface area (Å²) < 4.78 is 2.40. The zero-order valence-corrected chi connectivity index (χ0v) is 40.1. The molecule has 0 unspecified atom stereocenters. The van der Waals surface area contributed by atoms with E-state index in [0.29, 0.717) is 0 Å². The van der Waals surface area contributed by atoms with Crippen molar-refractivity contribution in [1.29, 1.82) is 0 Å². The summed E-state index contributed by atoms with van der Waals surface area (Å²) in [4.78, 5) is 2.47. The summed E-state index contributed by atoms with van der Waals surface area (Å²) >= 11 is 0. The molecule has 2 nitrogen and oxygen atoms in total. The minimum atomic E-state index is -0.525. The molecule has 0 saturated heterocycles. The fraction of sp³-hybridized carbons (Fsp3) is 0.0141. The van der Waals surface area contributed by atoms with Crippen molar-refractivity contribution in [3.63, 3.8) is 0 Å². The van der Waals surface area contributed by atoms with Crippen molar-refractivity contribution in [2.45, 2.75) is 5.41 Å². The Morgan fingerprint density at radius 3 is 1.58 bits per heavy atom. The second-order valence-electron chi connectivity index (χ2n) is 19.2. The zero-order valence-electron chi connectivity index (χ0n) is 40.1. The van der Waals surface area contributed by atoms with Gasteiger partial charge in [0, 0.05) is 33.2 Å². The van der Waals surface area contributed by atoms with Gasteiger partial charge in [0.05, 0.1) is 22.1 Å². The summed E-state index contributed by atoms with van der Waals surface area (Å²) in [5.74, 6) is 0. The molecule has 2 heteroatoms. The first-order valence-corrected chi connectivity index (χ1v) is 25.2. The van der Waals surface area contributed by atoms with Crippen molar-refractivity contribution in [2.24, 2.45) is 0 Å². The molecule has 13 aromatic rings. The smallest absolute Gasteiger partial charge is 0.0714 e. The summed E-state index contributed by atoms with van der Waals surface area (Å²) in [6, 6.07) is 107. The minimum absolute atomic E-state index is 0.525. The topological polar surface area (TPSA) is 8.17 Å². The summed E-state index contributed by atoms with van der Waals surface area (Å²) in [6.45, 7) is 0. The highest BCUT2D eigenvalue weighted by molar-refractivity contribution is 6.10. The maximum absolute atomic E-state index is 2.47. The zero-order chi connectivity index (χ0) is 48.3. The van der Waals surface area contributed by atoms with E-state index in [1.165, 1.54) is 88.2 Å². The Morgan fingerprint density at radius 1 is 0.288 bits per heavy atom. The average molecular weight is 929 g/mol. The molecular weight excluding hydrogens is 881 g/mol. The van der Waals surface area contributed by atoms with Gasteiger partial charge in [0.25, 0.3) is 0 Å². The van der Waals surface area contributed by atoms with Gasteiger partial charge in [0.15, 0.2) is 0 Å². The lowest BCUT2D eigenvalue weighted by Gasteiger charge is -2.35. The number of nitrogens with zero attached hydrogens (tertiary/aromatic N) is 2. The predicted molar refractivity (Wildman–Crippen MR) is 307 cm³/mol. The van der Waals surface area contributed by atoms with Crippen LogP contribution < -0.4 is 4.90 Å². The highest BCUT2D eigenvalue weighted by Gasteiger charge is 2.46. The van der Waals surface area contributed by atoms with Gasteiger partial charge < -0.3 is 9.47 Å². The maximum Gasteiger partial charge on any atom is 0.0714 e. The number of anilines is 3. The molecule has 342 valence electrons. The number of rotatable bonds is 9. The van der Waals surface area contributed by atoms with Crippen LogP contribution >= 0.6 is 0 Å². The molecule has 0 saturated carbocycles. The standard InChI is InChI=1S/C71H48N2/c1-4-19-49(20-5-1)50-37-40-58(41-38-50)73-69-35-15-13-33-64(69)65-47-55(39-44-70(65)73)53-24-16-23-52(45-53)54-25-17-30-59(46-54)72(68-36-18-22-51-21-10-11-31-61(51)68)60-42-43-63-62-32-12-14-34-66(62)71(67(63)48-60,56-26-6-2-7-27-56)57-28-8-3-9-29-57/h1-48H. The first-order valence-electron chi connectivity index (χ1n) is 25.2.